The van der Waals surface area contributed by atoms with Crippen molar-refractivity contribution in [2.75, 3.05) is 26.3 Å². The zero-order chi connectivity index (χ0) is 19.3. The van der Waals surface area contributed by atoms with Crippen molar-refractivity contribution >= 4 is 11.8 Å². The number of aromatic nitrogens is 1. The van der Waals surface area contributed by atoms with Gasteiger partial charge in [0.2, 0.25) is 5.91 Å². The van der Waals surface area contributed by atoms with Crippen molar-refractivity contribution in [2.24, 2.45) is 5.92 Å². The lowest BCUT2D eigenvalue weighted by atomic mass is 10.1. The molecule has 3 N–H and O–H groups in total. The fraction of sp³-hybridized carbons (Fsp3) is 0.714. The van der Waals surface area contributed by atoms with Gasteiger partial charge >= 0.3 is 0 Å². The van der Waals surface area contributed by atoms with E-state index in [1.54, 1.807) is 12.3 Å². The summed E-state index contributed by atoms with van der Waals surface area (Å²) < 4.78 is 5.37. The standard InChI is InChI=1S/C21H32N4O3/c26-20(24-16-7-10-28-11-8-16)12-17-5-6-18(25(17)14-15-3-4-15)13-23-21(27)19-2-1-9-22-19/h1-2,9,15-18,22H,3-8,10-14H2,(H,23,27)(H,24,26)/t17-,18+/m1/s1. The molecule has 1 aromatic rings. The van der Waals surface area contributed by atoms with Gasteiger partial charge in [-0.25, -0.2) is 0 Å². The Morgan fingerprint density at radius 3 is 2.61 bits per heavy atom. The molecule has 154 valence electrons. The number of nitrogens with one attached hydrogen (secondary N) is 3. The molecule has 0 bridgehead atoms. The summed E-state index contributed by atoms with van der Waals surface area (Å²) in [5, 5.41) is 6.26. The summed E-state index contributed by atoms with van der Waals surface area (Å²) in [5.41, 5.74) is 0.596. The van der Waals surface area contributed by atoms with E-state index in [4.69, 9.17) is 4.74 Å². The monoisotopic (exact) mass is 388 g/mol. The van der Waals surface area contributed by atoms with E-state index in [1.807, 2.05) is 6.07 Å². The van der Waals surface area contributed by atoms with Gasteiger partial charge in [0.1, 0.15) is 5.69 Å². The van der Waals surface area contributed by atoms with Crippen LogP contribution in [0.3, 0.4) is 0 Å². The van der Waals surface area contributed by atoms with Gasteiger partial charge in [-0.15, -0.1) is 0 Å². The first-order valence-electron chi connectivity index (χ1n) is 10.7. The summed E-state index contributed by atoms with van der Waals surface area (Å²) in [5.74, 6) is 0.867. The molecule has 0 radical (unpaired) electrons. The number of likely N-dealkylation sites (tertiary alicyclic amines) is 1. The van der Waals surface area contributed by atoms with Crippen LogP contribution in [0, 0.1) is 5.92 Å². The lowest BCUT2D eigenvalue weighted by molar-refractivity contribution is -0.123. The maximum atomic E-state index is 12.6. The summed E-state index contributed by atoms with van der Waals surface area (Å²) in [6.07, 6.45) is 8.79. The molecule has 3 aliphatic rings. The summed E-state index contributed by atoms with van der Waals surface area (Å²) in [6, 6.07) is 4.48. The van der Waals surface area contributed by atoms with Crippen LogP contribution in [0.2, 0.25) is 0 Å². The van der Waals surface area contributed by atoms with Crippen molar-refractivity contribution in [2.45, 2.75) is 63.1 Å². The van der Waals surface area contributed by atoms with E-state index in [0.29, 0.717) is 24.7 Å². The molecule has 1 aliphatic carbocycles. The lowest BCUT2D eigenvalue weighted by Crippen LogP contribution is -2.46. The van der Waals surface area contributed by atoms with Gasteiger partial charge in [-0.1, -0.05) is 0 Å². The van der Waals surface area contributed by atoms with Crippen molar-refractivity contribution in [3.63, 3.8) is 0 Å². The van der Waals surface area contributed by atoms with Crippen molar-refractivity contribution in [3.05, 3.63) is 24.0 Å². The first-order valence-corrected chi connectivity index (χ1v) is 10.7. The fourth-order valence-electron chi connectivity index (χ4n) is 4.47. The molecule has 0 aromatic carbocycles. The normalized spacial score (nSPS) is 26.3. The van der Waals surface area contributed by atoms with Crippen LogP contribution < -0.4 is 10.6 Å². The highest BCUT2D eigenvalue weighted by Gasteiger charge is 2.38. The quantitative estimate of drug-likeness (QED) is 0.632. The summed E-state index contributed by atoms with van der Waals surface area (Å²) >= 11 is 0. The van der Waals surface area contributed by atoms with E-state index in [9.17, 15) is 9.59 Å². The van der Waals surface area contributed by atoms with E-state index in [0.717, 1.165) is 51.4 Å². The summed E-state index contributed by atoms with van der Waals surface area (Å²) in [6.45, 7) is 3.18. The van der Waals surface area contributed by atoms with Crippen LogP contribution in [0.4, 0.5) is 0 Å². The molecule has 3 heterocycles. The Hall–Kier alpha value is -1.86. The third-order valence-corrected chi connectivity index (χ3v) is 6.29. The Bertz CT molecular complexity index is 653. The van der Waals surface area contributed by atoms with Crippen LogP contribution in [-0.2, 0) is 9.53 Å². The zero-order valence-corrected chi connectivity index (χ0v) is 16.5. The van der Waals surface area contributed by atoms with E-state index < -0.39 is 0 Å². The minimum Gasteiger partial charge on any atom is -0.381 e. The third kappa shape index (κ3) is 5.14. The highest BCUT2D eigenvalue weighted by atomic mass is 16.5. The molecule has 1 aromatic heterocycles. The predicted octanol–water partition coefficient (Wildman–Crippen LogP) is 1.67. The van der Waals surface area contributed by atoms with Crippen molar-refractivity contribution in [3.8, 4) is 0 Å². The number of carbonyl (C=O) groups is 2. The van der Waals surface area contributed by atoms with Crippen molar-refractivity contribution in [1.82, 2.24) is 20.5 Å². The first kappa shape index (κ1) is 19.5. The van der Waals surface area contributed by atoms with Crippen molar-refractivity contribution < 1.29 is 14.3 Å². The minimum absolute atomic E-state index is 0.0583. The van der Waals surface area contributed by atoms with Crippen molar-refractivity contribution in [1.29, 1.82) is 0 Å². The molecule has 2 amide bonds. The molecule has 3 fully saturated rings. The molecule has 0 unspecified atom stereocenters. The topological polar surface area (TPSA) is 86.5 Å². The maximum Gasteiger partial charge on any atom is 0.267 e. The zero-order valence-electron chi connectivity index (χ0n) is 16.5. The van der Waals surface area contributed by atoms with Gasteiger partial charge in [-0.2, -0.15) is 0 Å². The van der Waals surface area contributed by atoms with Gasteiger partial charge in [0, 0.05) is 57.0 Å². The molecular formula is C21H32N4O3. The lowest BCUT2D eigenvalue weighted by Gasteiger charge is -2.31. The SMILES string of the molecule is O=C(C[C@H]1CC[C@@H](CNC(=O)c2ccc[nH]2)N1CC1CC1)NC1CCOCC1. The third-order valence-electron chi connectivity index (χ3n) is 6.29. The van der Waals surface area contributed by atoms with Gasteiger partial charge in [0.15, 0.2) is 0 Å². The van der Waals surface area contributed by atoms with Crippen LogP contribution in [0.5, 0.6) is 0 Å². The number of hydrogen-bond acceptors (Lipinski definition) is 4. The number of aromatic amines is 1. The average Bonchev–Trinajstić information content (AvgIpc) is 3.20. The molecule has 0 spiro atoms. The molecular weight excluding hydrogens is 356 g/mol. The number of carbonyl (C=O) groups excluding carboxylic acids is 2. The molecule has 2 aliphatic heterocycles. The number of hydrogen-bond donors (Lipinski definition) is 3. The van der Waals surface area contributed by atoms with Crippen LogP contribution in [0.25, 0.3) is 0 Å². The number of nitrogens with zero attached hydrogens (tertiary/aromatic N) is 1. The number of amides is 2. The molecule has 2 atom stereocenters. The largest absolute Gasteiger partial charge is 0.381 e. The second-order valence-electron chi connectivity index (χ2n) is 8.48. The second-order valence-corrected chi connectivity index (χ2v) is 8.48. The molecule has 2 saturated heterocycles. The molecule has 7 heteroatoms. The Morgan fingerprint density at radius 2 is 1.89 bits per heavy atom. The average molecular weight is 389 g/mol. The highest BCUT2D eigenvalue weighted by Crippen LogP contribution is 2.35. The highest BCUT2D eigenvalue weighted by molar-refractivity contribution is 5.92. The Balaban J connectivity index is 1.29. The smallest absolute Gasteiger partial charge is 0.267 e. The van der Waals surface area contributed by atoms with E-state index in [1.165, 1.54) is 12.8 Å². The Labute approximate surface area is 166 Å². The predicted molar refractivity (Wildman–Crippen MR) is 106 cm³/mol. The van der Waals surface area contributed by atoms with E-state index >= 15 is 0 Å². The van der Waals surface area contributed by atoms with Gasteiger partial charge < -0.3 is 20.4 Å². The van der Waals surface area contributed by atoms with Gasteiger partial charge in [0.25, 0.3) is 5.91 Å². The van der Waals surface area contributed by atoms with Crippen LogP contribution in [0.15, 0.2) is 18.3 Å². The van der Waals surface area contributed by atoms with E-state index in [-0.39, 0.29) is 23.9 Å². The van der Waals surface area contributed by atoms with Gasteiger partial charge in [-0.05, 0) is 56.6 Å². The maximum absolute atomic E-state index is 12.6. The molecule has 1 saturated carbocycles. The fourth-order valence-corrected chi connectivity index (χ4v) is 4.47. The summed E-state index contributed by atoms with van der Waals surface area (Å²) in [7, 11) is 0. The van der Waals surface area contributed by atoms with Crippen LogP contribution in [0.1, 0.15) is 55.4 Å². The minimum atomic E-state index is -0.0583. The van der Waals surface area contributed by atoms with Gasteiger partial charge in [0.05, 0.1) is 0 Å². The Kier molecular flexibility index (Phi) is 6.32. The number of H-pyrrole nitrogens is 1. The van der Waals surface area contributed by atoms with Crippen LogP contribution >= 0.6 is 0 Å². The van der Waals surface area contributed by atoms with E-state index in [2.05, 4.69) is 20.5 Å². The molecule has 7 nitrogen and oxygen atoms in total. The number of ether oxygens (including phenoxy) is 1. The Morgan fingerprint density at radius 1 is 1.11 bits per heavy atom. The number of rotatable bonds is 8. The second kappa shape index (κ2) is 9.09. The molecule has 4 rings (SSSR count). The summed E-state index contributed by atoms with van der Waals surface area (Å²) in [4.78, 5) is 30.3. The van der Waals surface area contributed by atoms with Crippen LogP contribution in [-0.4, -0.2) is 66.1 Å². The first-order chi connectivity index (χ1) is 13.7. The van der Waals surface area contributed by atoms with Gasteiger partial charge in [-0.3, -0.25) is 14.5 Å². The molecule has 28 heavy (non-hydrogen) atoms.